The van der Waals surface area contributed by atoms with Crippen molar-refractivity contribution in [1.82, 2.24) is 14.8 Å². The number of nitrogens with zero attached hydrogens (tertiary/aromatic N) is 3. The van der Waals surface area contributed by atoms with Gasteiger partial charge in [0.15, 0.2) is 0 Å². The van der Waals surface area contributed by atoms with Crippen LogP contribution < -0.4 is 0 Å². The lowest BCUT2D eigenvalue weighted by Crippen LogP contribution is -2.47. The zero-order valence-corrected chi connectivity index (χ0v) is 16.5. The lowest BCUT2D eigenvalue weighted by molar-refractivity contribution is -0.138. The SMILES string of the molecule is CC(C)CC(=O)N1CCC2(CCC(CN(C)Cc3ccncc3)O2)CC1. The maximum absolute atomic E-state index is 12.3. The van der Waals surface area contributed by atoms with Crippen molar-refractivity contribution in [2.75, 3.05) is 26.7 Å². The summed E-state index contributed by atoms with van der Waals surface area (Å²) < 4.78 is 6.52. The first kappa shape index (κ1) is 19.3. The summed E-state index contributed by atoms with van der Waals surface area (Å²) in [6.07, 6.45) is 8.89. The number of aromatic nitrogens is 1. The largest absolute Gasteiger partial charge is 0.370 e. The molecule has 2 saturated heterocycles. The van der Waals surface area contributed by atoms with Crippen LogP contribution in [0.1, 0.15) is 51.5 Å². The van der Waals surface area contributed by atoms with Crippen LogP contribution in [-0.4, -0.2) is 59.1 Å². The molecule has 1 unspecified atom stereocenters. The second-order valence-corrected chi connectivity index (χ2v) is 8.49. The average molecular weight is 360 g/mol. The van der Waals surface area contributed by atoms with E-state index in [-0.39, 0.29) is 5.60 Å². The standard InChI is InChI=1S/C21H33N3O2/c1-17(2)14-20(25)24-12-8-21(9-13-24)7-4-19(26-21)16-23(3)15-18-5-10-22-11-6-18/h5-6,10-11,17,19H,4,7-9,12-16H2,1-3H3. The second-order valence-electron chi connectivity index (χ2n) is 8.49. The molecular formula is C21H33N3O2. The van der Waals surface area contributed by atoms with Gasteiger partial charge in [0.05, 0.1) is 11.7 Å². The van der Waals surface area contributed by atoms with E-state index < -0.39 is 0 Å². The Bertz CT molecular complexity index is 582. The molecule has 1 aromatic heterocycles. The number of piperidine rings is 1. The molecule has 2 fully saturated rings. The van der Waals surface area contributed by atoms with E-state index in [0.717, 1.165) is 51.9 Å². The molecule has 0 saturated carbocycles. The van der Waals surface area contributed by atoms with E-state index >= 15 is 0 Å². The third-order valence-corrected chi connectivity index (χ3v) is 5.67. The minimum Gasteiger partial charge on any atom is -0.370 e. The van der Waals surface area contributed by atoms with Crippen LogP contribution in [0.4, 0.5) is 0 Å². The molecule has 1 atom stereocenters. The molecule has 144 valence electrons. The molecule has 1 spiro atoms. The van der Waals surface area contributed by atoms with Gasteiger partial charge in [-0.15, -0.1) is 0 Å². The Labute approximate surface area is 157 Å². The number of carbonyl (C=O) groups is 1. The maximum Gasteiger partial charge on any atom is 0.222 e. The molecule has 5 heteroatoms. The predicted molar refractivity (Wildman–Crippen MR) is 103 cm³/mol. The molecule has 1 amide bonds. The number of rotatable bonds is 6. The first-order chi connectivity index (χ1) is 12.5. The lowest BCUT2D eigenvalue weighted by atomic mass is 9.88. The van der Waals surface area contributed by atoms with Crippen molar-refractivity contribution in [2.45, 2.75) is 64.2 Å². The molecule has 3 heterocycles. The van der Waals surface area contributed by atoms with Crippen molar-refractivity contribution < 1.29 is 9.53 Å². The van der Waals surface area contributed by atoms with E-state index in [4.69, 9.17) is 4.74 Å². The molecule has 26 heavy (non-hydrogen) atoms. The van der Waals surface area contributed by atoms with Crippen LogP contribution in [0, 0.1) is 5.92 Å². The summed E-state index contributed by atoms with van der Waals surface area (Å²) in [6, 6.07) is 4.13. The maximum atomic E-state index is 12.3. The van der Waals surface area contributed by atoms with Crippen LogP contribution in [0.25, 0.3) is 0 Å². The molecular weight excluding hydrogens is 326 g/mol. The molecule has 0 N–H and O–H groups in total. The van der Waals surface area contributed by atoms with Crippen molar-refractivity contribution in [3.63, 3.8) is 0 Å². The zero-order valence-electron chi connectivity index (χ0n) is 16.5. The van der Waals surface area contributed by atoms with Crippen LogP contribution in [0.2, 0.25) is 0 Å². The monoisotopic (exact) mass is 359 g/mol. The van der Waals surface area contributed by atoms with Gasteiger partial charge in [0.2, 0.25) is 5.91 Å². The van der Waals surface area contributed by atoms with Gasteiger partial charge in [-0.2, -0.15) is 0 Å². The van der Waals surface area contributed by atoms with Crippen LogP contribution in [0.3, 0.4) is 0 Å². The van der Waals surface area contributed by atoms with Crippen molar-refractivity contribution in [3.8, 4) is 0 Å². The Kier molecular flexibility index (Phi) is 6.30. The molecule has 2 aliphatic heterocycles. The molecule has 5 nitrogen and oxygen atoms in total. The van der Waals surface area contributed by atoms with Crippen molar-refractivity contribution in [3.05, 3.63) is 30.1 Å². The number of hydrogen-bond acceptors (Lipinski definition) is 4. The van der Waals surface area contributed by atoms with Crippen LogP contribution >= 0.6 is 0 Å². The highest BCUT2D eigenvalue weighted by molar-refractivity contribution is 5.76. The summed E-state index contributed by atoms with van der Waals surface area (Å²) in [7, 11) is 2.15. The topological polar surface area (TPSA) is 45.7 Å². The zero-order chi connectivity index (χ0) is 18.6. The fourth-order valence-electron chi connectivity index (χ4n) is 4.25. The fraction of sp³-hybridized carbons (Fsp3) is 0.714. The first-order valence-corrected chi connectivity index (χ1v) is 9.99. The third-order valence-electron chi connectivity index (χ3n) is 5.67. The quantitative estimate of drug-likeness (QED) is 0.783. The first-order valence-electron chi connectivity index (χ1n) is 9.99. The predicted octanol–water partition coefficient (Wildman–Crippen LogP) is 3.10. The van der Waals surface area contributed by atoms with Gasteiger partial charge in [0.1, 0.15) is 0 Å². The number of likely N-dealkylation sites (tertiary alicyclic amines) is 1. The van der Waals surface area contributed by atoms with Crippen LogP contribution in [-0.2, 0) is 16.1 Å². The van der Waals surface area contributed by atoms with Crippen LogP contribution in [0.15, 0.2) is 24.5 Å². The number of carbonyl (C=O) groups excluding carboxylic acids is 1. The Morgan fingerprint density at radius 2 is 2.00 bits per heavy atom. The molecule has 3 rings (SSSR count). The molecule has 1 aromatic rings. The van der Waals surface area contributed by atoms with E-state index in [1.54, 1.807) is 0 Å². The molecule has 0 bridgehead atoms. The number of likely N-dealkylation sites (N-methyl/N-ethyl adjacent to an activating group) is 1. The van der Waals surface area contributed by atoms with E-state index in [1.165, 1.54) is 5.56 Å². The minimum atomic E-state index is 0.0107. The van der Waals surface area contributed by atoms with Gasteiger partial charge in [0.25, 0.3) is 0 Å². The van der Waals surface area contributed by atoms with Gasteiger partial charge in [-0.1, -0.05) is 13.8 Å². The van der Waals surface area contributed by atoms with Crippen molar-refractivity contribution in [1.29, 1.82) is 0 Å². The Balaban J connectivity index is 1.44. The van der Waals surface area contributed by atoms with Gasteiger partial charge in [0, 0.05) is 45.0 Å². The van der Waals surface area contributed by atoms with E-state index in [9.17, 15) is 4.79 Å². The van der Waals surface area contributed by atoms with Gasteiger partial charge < -0.3 is 9.64 Å². The molecule has 0 aliphatic carbocycles. The van der Waals surface area contributed by atoms with Gasteiger partial charge >= 0.3 is 0 Å². The highest BCUT2D eigenvalue weighted by Gasteiger charge is 2.43. The van der Waals surface area contributed by atoms with Gasteiger partial charge in [-0.05, 0) is 56.3 Å². The summed E-state index contributed by atoms with van der Waals surface area (Å²) in [5, 5.41) is 0. The van der Waals surface area contributed by atoms with Gasteiger partial charge in [-0.3, -0.25) is 14.7 Å². The number of ether oxygens (including phenoxy) is 1. The average Bonchev–Trinajstić information content (AvgIpc) is 2.97. The normalized spacial score (nSPS) is 22.5. The van der Waals surface area contributed by atoms with Crippen molar-refractivity contribution >= 4 is 5.91 Å². The molecule has 2 aliphatic rings. The lowest BCUT2D eigenvalue weighted by Gasteiger charge is -2.39. The molecule has 0 radical (unpaired) electrons. The second kappa shape index (κ2) is 8.49. The number of amides is 1. The summed E-state index contributed by atoms with van der Waals surface area (Å²) in [5.41, 5.74) is 1.30. The molecule has 0 aromatic carbocycles. The number of pyridine rings is 1. The highest BCUT2D eigenvalue weighted by atomic mass is 16.5. The smallest absolute Gasteiger partial charge is 0.222 e. The number of hydrogen-bond donors (Lipinski definition) is 0. The van der Waals surface area contributed by atoms with E-state index in [1.807, 2.05) is 17.3 Å². The summed E-state index contributed by atoms with van der Waals surface area (Å²) in [5.74, 6) is 0.739. The third kappa shape index (κ3) is 5.04. The summed E-state index contributed by atoms with van der Waals surface area (Å²) >= 11 is 0. The summed E-state index contributed by atoms with van der Waals surface area (Å²) in [6.45, 7) is 7.80. The Morgan fingerprint density at radius 3 is 2.65 bits per heavy atom. The van der Waals surface area contributed by atoms with E-state index in [0.29, 0.717) is 24.3 Å². The highest BCUT2D eigenvalue weighted by Crippen LogP contribution is 2.39. The van der Waals surface area contributed by atoms with Crippen LogP contribution in [0.5, 0.6) is 0 Å². The Hall–Kier alpha value is -1.46. The Morgan fingerprint density at radius 1 is 1.31 bits per heavy atom. The summed E-state index contributed by atoms with van der Waals surface area (Å²) in [4.78, 5) is 20.7. The minimum absolute atomic E-state index is 0.0107. The van der Waals surface area contributed by atoms with Gasteiger partial charge in [-0.25, -0.2) is 0 Å². The van der Waals surface area contributed by atoms with Crippen molar-refractivity contribution in [2.24, 2.45) is 5.92 Å². The fourth-order valence-corrected chi connectivity index (χ4v) is 4.25. The van der Waals surface area contributed by atoms with E-state index in [2.05, 4.69) is 42.9 Å².